The highest BCUT2D eigenvalue weighted by Crippen LogP contribution is 2.17. The molecule has 0 unspecified atom stereocenters. The number of amidine groups is 1. The van der Waals surface area contributed by atoms with Gasteiger partial charge in [0.1, 0.15) is 24.7 Å². The SMILES string of the molecule is O=C1CN=C(c2ccc(F)cc2)NN1CC(F)(F)F. The van der Waals surface area contributed by atoms with Gasteiger partial charge < -0.3 is 0 Å². The summed E-state index contributed by atoms with van der Waals surface area (Å²) in [5, 5.41) is 0.450. The normalized spacial score (nSPS) is 16.1. The number of aliphatic imine (C=N–C) groups is 1. The third kappa shape index (κ3) is 3.43. The van der Waals surface area contributed by atoms with Crippen LogP contribution in [0.2, 0.25) is 0 Å². The topological polar surface area (TPSA) is 44.7 Å². The van der Waals surface area contributed by atoms with E-state index in [-0.39, 0.29) is 12.4 Å². The maximum atomic E-state index is 12.7. The first kappa shape index (κ1) is 13.3. The Morgan fingerprint density at radius 1 is 1.26 bits per heavy atom. The Morgan fingerprint density at radius 3 is 2.47 bits per heavy atom. The third-order valence-corrected chi connectivity index (χ3v) is 2.37. The van der Waals surface area contributed by atoms with Crippen molar-refractivity contribution in [3.63, 3.8) is 0 Å². The molecule has 0 aromatic heterocycles. The van der Waals surface area contributed by atoms with Crippen molar-refractivity contribution < 1.29 is 22.4 Å². The lowest BCUT2D eigenvalue weighted by Crippen LogP contribution is -2.54. The van der Waals surface area contributed by atoms with Gasteiger partial charge in [0.25, 0.3) is 5.91 Å². The van der Waals surface area contributed by atoms with Crippen LogP contribution in [0.4, 0.5) is 17.6 Å². The molecule has 1 aromatic rings. The number of amides is 1. The molecule has 8 heteroatoms. The number of hydrogen-bond donors (Lipinski definition) is 1. The molecule has 1 N–H and O–H groups in total. The number of carbonyl (C=O) groups excluding carboxylic acids is 1. The molecule has 2 rings (SSSR count). The fourth-order valence-electron chi connectivity index (χ4n) is 1.53. The van der Waals surface area contributed by atoms with Gasteiger partial charge in [-0.1, -0.05) is 0 Å². The summed E-state index contributed by atoms with van der Waals surface area (Å²) in [5.41, 5.74) is 2.69. The number of nitrogens with one attached hydrogen (secondary N) is 1. The third-order valence-electron chi connectivity index (χ3n) is 2.37. The summed E-state index contributed by atoms with van der Waals surface area (Å²) in [6.45, 7) is -1.79. The van der Waals surface area contributed by atoms with E-state index in [2.05, 4.69) is 10.4 Å². The van der Waals surface area contributed by atoms with E-state index in [0.29, 0.717) is 10.6 Å². The minimum atomic E-state index is -4.51. The van der Waals surface area contributed by atoms with Crippen LogP contribution in [0.3, 0.4) is 0 Å². The number of rotatable bonds is 2. The highest BCUT2D eigenvalue weighted by Gasteiger charge is 2.35. The van der Waals surface area contributed by atoms with Gasteiger partial charge in [0.15, 0.2) is 0 Å². The Bertz CT molecular complexity index is 510. The Hall–Kier alpha value is -2.12. The molecule has 0 bridgehead atoms. The quantitative estimate of drug-likeness (QED) is 0.831. The summed E-state index contributed by atoms with van der Waals surface area (Å²) in [6, 6.07) is 5.04. The van der Waals surface area contributed by atoms with Crippen molar-refractivity contribution in [2.24, 2.45) is 4.99 Å². The van der Waals surface area contributed by atoms with Crippen LogP contribution in [0.1, 0.15) is 5.56 Å². The van der Waals surface area contributed by atoms with Crippen molar-refractivity contribution in [3.8, 4) is 0 Å². The van der Waals surface area contributed by atoms with Crippen LogP contribution in [0.15, 0.2) is 29.3 Å². The Balaban J connectivity index is 2.16. The summed E-state index contributed by atoms with van der Waals surface area (Å²) in [4.78, 5) is 15.1. The number of carbonyl (C=O) groups is 1. The number of halogens is 4. The van der Waals surface area contributed by atoms with Crippen molar-refractivity contribution in [1.82, 2.24) is 10.4 Å². The van der Waals surface area contributed by atoms with E-state index in [4.69, 9.17) is 0 Å². The van der Waals surface area contributed by atoms with Crippen LogP contribution in [0, 0.1) is 5.82 Å². The lowest BCUT2D eigenvalue weighted by Gasteiger charge is -2.28. The van der Waals surface area contributed by atoms with Gasteiger partial charge >= 0.3 is 6.18 Å². The molecule has 1 aromatic carbocycles. The molecule has 19 heavy (non-hydrogen) atoms. The molecule has 1 amide bonds. The molecule has 0 fully saturated rings. The van der Waals surface area contributed by atoms with Gasteiger partial charge in [-0.3, -0.25) is 15.2 Å². The number of hydrogen-bond acceptors (Lipinski definition) is 3. The van der Waals surface area contributed by atoms with Crippen molar-refractivity contribution in [2.45, 2.75) is 6.18 Å². The van der Waals surface area contributed by atoms with Crippen LogP contribution in [-0.2, 0) is 4.79 Å². The zero-order valence-corrected chi connectivity index (χ0v) is 9.54. The van der Waals surface area contributed by atoms with Gasteiger partial charge in [0.2, 0.25) is 0 Å². The van der Waals surface area contributed by atoms with E-state index in [1.54, 1.807) is 0 Å². The summed E-state index contributed by atoms with van der Waals surface area (Å²) >= 11 is 0. The molecule has 1 aliphatic heterocycles. The zero-order chi connectivity index (χ0) is 14.0. The summed E-state index contributed by atoms with van der Waals surface area (Å²) in [5.74, 6) is -1.14. The largest absolute Gasteiger partial charge is 0.408 e. The molecular formula is C11H9F4N3O. The minimum absolute atomic E-state index is 0.101. The van der Waals surface area contributed by atoms with E-state index in [1.165, 1.54) is 12.1 Å². The first-order valence-corrected chi connectivity index (χ1v) is 5.29. The van der Waals surface area contributed by atoms with E-state index >= 15 is 0 Å². The van der Waals surface area contributed by atoms with Crippen molar-refractivity contribution in [2.75, 3.05) is 13.1 Å². The average molecular weight is 275 g/mol. The molecule has 0 saturated heterocycles. The molecule has 0 spiro atoms. The maximum Gasteiger partial charge on any atom is 0.408 e. The van der Waals surface area contributed by atoms with Gasteiger partial charge in [0, 0.05) is 5.56 Å². The molecule has 0 saturated carbocycles. The van der Waals surface area contributed by atoms with E-state index in [0.717, 1.165) is 12.1 Å². The highest BCUT2D eigenvalue weighted by molar-refractivity contribution is 6.02. The predicted octanol–water partition coefficient (Wildman–Crippen LogP) is 1.48. The van der Waals surface area contributed by atoms with Crippen LogP contribution in [-0.4, -0.2) is 36.0 Å². The maximum absolute atomic E-state index is 12.7. The number of nitrogens with zero attached hydrogens (tertiary/aromatic N) is 2. The fourth-order valence-corrected chi connectivity index (χ4v) is 1.53. The number of hydrazine groups is 1. The first-order chi connectivity index (χ1) is 8.85. The molecule has 0 atom stereocenters. The molecule has 4 nitrogen and oxygen atoms in total. The molecule has 102 valence electrons. The lowest BCUT2D eigenvalue weighted by atomic mass is 10.2. The van der Waals surface area contributed by atoms with Crippen LogP contribution in [0.5, 0.6) is 0 Å². The monoisotopic (exact) mass is 275 g/mol. The molecular weight excluding hydrogens is 266 g/mol. The lowest BCUT2D eigenvalue weighted by molar-refractivity contribution is -0.164. The average Bonchev–Trinajstić information content (AvgIpc) is 2.31. The van der Waals surface area contributed by atoms with Gasteiger partial charge in [-0.25, -0.2) is 9.40 Å². The standard InChI is InChI=1S/C11H9F4N3O/c12-8-3-1-7(2-4-8)10-16-5-9(19)18(17-10)6-11(13,14)15/h1-4H,5-6H2,(H,16,17). The minimum Gasteiger partial charge on any atom is -0.279 e. The smallest absolute Gasteiger partial charge is 0.279 e. The van der Waals surface area contributed by atoms with Gasteiger partial charge in [-0.05, 0) is 24.3 Å². The Labute approximate surface area is 105 Å². The molecule has 0 radical (unpaired) electrons. The van der Waals surface area contributed by atoms with E-state index in [1.807, 2.05) is 0 Å². The molecule has 0 aliphatic carbocycles. The highest BCUT2D eigenvalue weighted by atomic mass is 19.4. The molecule has 1 heterocycles. The second-order valence-corrected chi connectivity index (χ2v) is 3.88. The Morgan fingerprint density at radius 2 is 1.89 bits per heavy atom. The van der Waals surface area contributed by atoms with E-state index in [9.17, 15) is 22.4 Å². The summed E-state index contributed by atoms with van der Waals surface area (Å²) in [6.07, 6.45) is -4.51. The second kappa shape index (κ2) is 4.87. The fraction of sp³-hybridized carbons (Fsp3) is 0.273. The van der Waals surface area contributed by atoms with Crippen molar-refractivity contribution in [1.29, 1.82) is 0 Å². The van der Waals surface area contributed by atoms with E-state index < -0.39 is 24.4 Å². The summed E-state index contributed by atoms with van der Waals surface area (Å²) < 4.78 is 49.6. The first-order valence-electron chi connectivity index (χ1n) is 5.29. The number of benzene rings is 1. The predicted molar refractivity (Wildman–Crippen MR) is 58.7 cm³/mol. The summed E-state index contributed by atoms with van der Waals surface area (Å²) in [7, 11) is 0. The second-order valence-electron chi connectivity index (χ2n) is 3.88. The van der Waals surface area contributed by atoms with Crippen molar-refractivity contribution in [3.05, 3.63) is 35.6 Å². The number of alkyl halides is 3. The van der Waals surface area contributed by atoms with Gasteiger partial charge in [-0.15, -0.1) is 0 Å². The molecule has 1 aliphatic rings. The van der Waals surface area contributed by atoms with Gasteiger partial charge in [-0.2, -0.15) is 13.2 Å². The van der Waals surface area contributed by atoms with Gasteiger partial charge in [0.05, 0.1) is 0 Å². The zero-order valence-electron chi connectivity index (χ0n) is 9.54. The Kier molecular flexibility index (Phi) is 3.41. The van der Waals surface area contributed by atoms with Crippen LogP contribution >= 0.6 is 0 Å². The van der Waals surface area contributed by atoms with Crippen LogP contribution < -0.4 is 5.43 Å². The van der Waals surface area contributed by atoms with Crippen LogP contribution in [0.25, 0.3) is 0 Å². The van der Waals surface area contributed by atoms with Crippen molar-refractivity contribution >= 4 is 11.7 Å².